The molecule has 1 amide bonds. The number of hydrogen-bond donors (Lipinski definition) is 1. The van der Waals surface area contributed by atoms with Crippen molar-refractivity contribution in [1.82, 2.24) is 0 Å². The van der Waals surface area contributed by atoms with Gasteiger partial charge in [-0.3, -0.25) is 14.9 Å². The number of nitro groups is 1. The zero-order valence-corrected chi connectivity index (χ0v) is 14.4. The maximum atomic E-state index is 12.1. The molecule has 0 spiro atoms. The number of nitro benzene ring substituents is 1. The molecule has 1 N–H and O–H groups in total. The van der Waals surface area contributed by atoms with Crippen molar-refractivity contribution in [2.24, 2.45) is 0 Å². The van der Waals surface area contributed by atoms with Gasteiger partial charge < -0.3 is 10.1 Å². The predicted octanol–water partition coefficient (Wildman–Crippen LogP) is 2.98. The summed E-state index contributed by atoms with van der Waals surface area (Å²) in [6.07, 6.45) is 1.82. The molecule has 26 heavy (non-hydrogen) atoms. The highest BCUT2D eigenvalue weighted by molar-refractivity contribution is 7.98. The molecule has 132 valence electrons. The number of thioether (sulfide) groups is 1. The van der Waals surface area contributed by atoms with Crippen LogP contribution in [0.25, 0.3) is 0 Å². The fourth-order valence-corrected chi connectivity index (χ4v) is 2.64. The first-order chi connectivity index (χ1) is 12.5. The van der Waals surface area contributed by atoms with E-state index in [2.05, 4.69) is 5.32 Å². The molecule has 8 nitrogen and oxygen atoms in total. The number of non-ortho nitro benzene ring substituents is 1. The molecular weight excluding hydrogens is 358 g/mol. The summed E-state index contributed by atoms with van der Waals surface area (Å²) in [5, 5.41) is 22.2. The number of rotatable bonds is 6. The topological polar surface area (TPSA) is 122 Å². The van der Waals surface area contributed by atoms with E-state index in [1.807, 2.05) is 6.26 Å². The van der Waals surface area contributed by atoms with Crippen LogP contribution >= 0.6 is 11.8 Å². The van der Waals surface area contributed by atoms with E-state index < -0.39 is 23.4 Å². The van der Waals surface area contributed by atoms with Crippen LogP contribution in [0.15, 0.2) is 47.4 Å². The molecule has 0 atom stereocenters. The van der Waals surface area contributed by atoms with Crippen LogP contribution in [0.1, 0.15) is 15.9 Å². The molecule has 0 saturated heterocycles. The molecular formula is C17H13N3O5S. The number of ether oxygens (including phenoxy) is 1. The van der Waals surface area contributed by atoms with Gasteiger partial charge >= 0.3 is 5.97 Å². The highest BCUT2D eigenvalue weighted by Gasteiger charge is 2.16. The Bertz CT molecular complexity index is 908. The van der Waals surface area contributed by atoms with Gasteiger partial charge in [0.25, 0.3) is 11.6 Å². The molecule has 0 bridgehead atoms. The van der Waals surface area contributed by atoms with E-state index in [9.17, 15) is 19.7 Å². The minimum atomic E-state index is -0.662. The summed E-state index contributed by atoms with van der Waals surface area (Å²) >= 11 is 1.38. The molecule has 0 unspecified atom stereocenters. The van der Waals surface area contributed by atoms with Crippen LogP contribution in [0, 0.1) is 21.4 Å². The SMILES string of the molecule is CSc1ccccc1C(=O)OCC(=O)Nc1ccc([N+](=O)[O-])cc1C#N. The number of carbonyl (C=O) groups excluding carboxylic acids is 2. The number of carbonyl (C=O) groups is 2. The Balaban J connectivity index is 2.02. The first-order valence-electron chi connectivity index (χ1n) is 7.24. The average molecular weight is 371 g/mol. The average Bonchev–Trinajstić information content (AvgIpc) is 2.66. The van der Waals surface area contributed by atoms with Gasteiger partial charge in [0, 0.05) is 17.0 Å². The van der Waals surface area contributed by atoms with Gasteiger partial charge in [0.15, 0.2) is 6.61 Å². The van der Waals surface area contributed by atoms with Crippen molar-refractivity contribution in [2.45, 2.75) is 4.90 Å². The molecule has 0 heterocycles. The second kappa shape index (κ2) is 8.64. The number of hydrogen-bond acceptors (Lipinski definition) is 7. The van der Waals surface area contributed by atoms with E-state index in [1.165, 1.54) is 17.8 Å². The van der Waals surface area contributed by atoms with Crippen molar-refractivity contribution in [2.75, 3.05) is 18.2 Å². The summed E-state index contributed by atoms with van der Waals surface area (Å²) in [6, 6.07) is 12.1. The summed E-state index contributed by atoms with van der Waals surface area (Å²) < 4.78 is 4.98. The highest BCUT2D eigenvalue weighted by Crippen LogP contribution is 2.22. The zero-order valence-electron chi connectivity index (χ0n) is 13.6. The number of nitrogens with zero attached hydrogens (tertiary/aromatic N) is 2. The Morgan fingerprint density at radius 2 is 2.04 bits per heavy atom. The first-order valence-corrected chi connectivity index (χ1v) is 8.47. The van der Waals surface area contributed by atoms with Gasteiger partial charge in [-0.1, -0.05) is 12.1 Å². The van der Waals surface area contributed by atoms with Crippen molar-refractivity contribution in [3.05, 3.63) is 63.7 Å². The molecule has 0 aliphatic rings. The van der Waals surface area contributed by atoms with Gasteiger partial charge in [-0.25, -0.2) is 4.79 Å². The first kappa shape index (κ1) is 19.0. The van der Waals surface area contributed by atoms with Crippen molar-refractivity contribution < 1.29 is 19.2 Å². The van der Waals surface area contributed by atoms with Crippen LogP contribution in [0.4, 0.5) is 11.4 Å². The van der Waals surface area contributed by atoms with Gasteiger partial charge in [0.05, 0.1) is 21.7 Å². The fourth-order valence-electron chi connectivity index (χ4n) is 2.06. The van der Waals surface area contributed by atoms with Crippen LogP contribution in [0.5, 0.6) is 0 Å². The second-order valence-electron chi connectivity index (χ2n) is 4.92. The Labute approximate surface area is 152 Å². The summed E-state index contributed by atoms with van der Waals surface area (Å²) in [5.74, 6) is -1.31. The van der Waals surface area contributed by atoms with E-state index in [1.54, 1.807) is 30.3 Å². The molecule has 0 aromatic heterocycles. The number of nitrogens with one attached hydrogen (secondary N) is 1. The largest absolute Gasteiger partial charge is 0.452 e. The van der Waals surface area contributed by atoms with Crippen LogP contribution in [0.2, 0.25) is 0 Å². The molecule has 9 heteroatoms. The lowest BCUT2D eigenvalue weighted by molar-refractivity contribution is -0.384. The van der Waals surface area contributed by atoms with Crippen LogP contribution in [-0.2, 0) is 9.53 Å². The summed E-state index contributed by atoms with van der Waals surface area (Å²) in [4.78, 5) is 34.8. The quantitative estimate of drug-likeness (QED) is 0.358. The van der Waals surface area contributed by atoms with Crippen LogP contribution < -0.4 is 5.32 Å². The minimum Gasteiger partial charge on any atom is -0.452 e. The van der Waals surface area contributed by atoms with Crippen molar-refractivity contribution in [3.63, 3.8) is 0 Å². The van der Waals surface area contributed by atoms with Crippen molar-refractivity contribution in [1.29, 1.82) is 5.26 Å². The molecule has 0 fully saturated rings. The number of benzene rings is 2. The lowest BCUT2D eigenvalue weighted by Crippen LogP contribution is -2.21. The molecule has 0 saturated carbocycles. The molecule has 2 aromatic carbocycles. The lowest BCUT2D eigenvalue weighted by Gasteiger charge is -2.09. The third-order valence-electron chi connectivity index (χ3n) is 3.27. The van der Waals surface area contributed by atoms with E-state index in [-0.39, 0.29) is 16.9 Å². The smallest absolute Gasteiger partial charge is 0.339 e. The van der Waals surface area contributed by atoms with Gasteiger partial charge in [0.1, 0.15) is 6.07 Å². The summed E-state index contributed by atoms with van der Waals surface area (Å²) in [7, 11) is 0. The molecule has 0 aliphatic carbocycles. The second-order valence-corrected chi connectivity index (χ2v) is 5.77. The molecule has 2 rings (SSSR count). The van der Waals surface area contributed by atoms with E-state index in [4.69, 9.17) is 10.00 Å². The van der Waals surface area contributed by atoms with E-state index in [0.717, 1.165) is 17.0 Å². The van der Waals surface area contributed by atoms with Crippen molar-refractivity contribution in [3.8, 4) is 6.07 Å². The maximum absolute atomic E-state index is 12.1. The Morgan fingerprint density at radius 3 is 2.69 bits per heavy atom. The lowest BCUT2D eigenvalue weighted by atomic mass is 10.1. The van der Waals surface area contributed by atoms with Crippen LogP contribution in [-0.4, -0.2) is 29.7 Å². The number of amides is 1. The summed E-state index contributed by atoms with van der Waals surface area (Å²) in [6.45, 7) is -0.552. The third-order valence-corrected chi connectivity index (χ3v) is 4.07. The van der Waals surface area contributed by atoms with Crippen LogP contribution in [0.3, 0.4) is 0 Å². The number of anilines is 1. The standard InChI is InChI=1S/C17H13N3O5S/c1-26-15-5-3-2-4-13(15)17(22)25-10-16(21)19-14-7-6-12(20(23)24)8-11(14)9-18/h2-8H,10H2,1H3,(H,19,21). The van der Waals surface area contributed by atoms with Gasteiger partial charge in [-0.05, 0) is 24.5 Å². The van der Waals surface area contributed by atoms with Crippen molar-refractivity contribution >= 4 is 35.0 Å². The molecule has 0 radical (unpaired) electrons. The molecule has 2 aromatic rings. The normalized spacial score (nSPS) is 9.85. The predicted molar refractivity (Wildman–Crippen MR) is 94.9 cm³/mol. The third kappa shape index (κ3) is 4.58. The Morgan fingerprint density at radius 1 is 1.31 bits per heavy atom. The van der Waals surface area contributed by atoms with E-state index in [0.29, 0.717) is 5.56 Å². The Kier molecular flexibility index (Phi) is 6.30. The monoisotopic (exact) mass is 371 g/mol. The van der Waals surface area contributed by atoms with Gasteiger partial charge in [-0.15, -0.1) is 11.8 Å². The zero-order chi connectivity index (χ0) is 19.1. The van der Waals surface area contributed by atoms with Gasteiger partial charge in [-0.2, -0.15) is 5.26 Å². The van der Waals surface area contributed by atoms with Gasteiger partial charge in [0.2, 0.25) is 0 Å². The minimum absolute atomic E-state index is 0.0633. The highest BCUT2D eigenvalue weighted by atomic mass is 32.2. The molecule has 0 aliphatic heterocycles. The number of nitriles is 1. The Hall–Kier alpha value is -3.38. The summed E-state index contributed by atoms with van der Waals surface area (Å²) in [5.41, 5.74) is 0.121. The maximum Gasteiger partial charge on any atom is 0.339 e. The number of esters is 1. The van der Waals surface area contributed by atoms with E-state index >= 15 is 0 Å². The fraction of sp³-hybridized carbons (Fsp3) is 0.118.